The Morgan fingerprint density at radius 1 is 1.16 bits per heavy atom. The topological polar surface area (TPSA) is 65.7 Å². The molecule has 1 unspecified atom stereocenters. The second kappa shape index (κ2) is 9.03. The zero-order chi connectivity index (χ0) is 22.7. The number of carbonyl (C=O) groups is 1. The molecule has 1 atom stereocenters. The van der Waals surface area contributed by atoms with Gasteiger partial charge in [0.2, 0.25) is 0 Å². The molecule has 6 heteroatoms. The average Bonchev–Trinajstić information content (AvgIpc) is 3.25. The van der Waals surface area contributed by atoms with Gasteiger partial charge in [0, 0.05) is 6.42 Å². The Balaban J connectivity index is 1.70. The maximum Gasteiger partial charge on any atom is 0.338 e. The van der Waals surface area contributed by atoms with Crippen LogP contribution in [0.5, 0.6) is 0 Å². The normalized spacial score (nSPS) is 15.2. The van der Waals surface area contributed by atoms with Crippen LogP contribution in [-0.4, -0.2) is 18.3 Å². The number of aryl methyl sites for hydroxylation is 1. The molecule has 0 saturated carbocycles. The highest BCUT2D eigenvalue weighted by atomic mass is 19.1. The van der Waals surface area contributed by atoms with Crippen molar-refractivity contribution in [2.45, 2.75) is 26.3 Å². The molecule has 3 aromatic carbocycles. The standard InChI is InChI=1S/C26H22FN3O2/c1-3-32-26(31)20-6-4-18(5-7-20)24-15-25(19-8-11-22(27)12-9-19)30(29-24)23-13-10-21(16-28)17(2)14-23/h4-14,25H,3,15H2,1-2H3. The summed E-state index contributed by atoms with van der Waals surface area (Å²) in [6, 6.07) is 21.3. The zero-order valence-electron chi connectivity index (χ0n) is 17.9. The Bertz CT molecular complexity index is 1210. The van der Waals surface area contributed by atoms with Gasteiger partial charge >= 0.3 is 5.97 Å². The van der Waals surface area contributed by atoms with Crippen LogP contribution in [0.15, 0.2) is 71.8 Å². The first-order valence-electron chi connectivity index (χ1n) is 10.4. The van der Waals surface area contributed by atoms with E-state index < -0.39 is 0 Å². The number of ether oxygens (including phenoxy) is 1. The lowest BCUT2D eigenvalue weighted by molar-refractivity contribution is 0.0526. The Kier molecular flexibility index (Phi) is 6.00. The Labute approximate surface area is 186 Å². The fourth-order valence-electron chi connectivity index (χ4n) is 3.80. The van der Waals surface area contributed by atoms with E-state index in [0.29, 0.717) is 24.2 Å². The highest BCUT2D eigenvalue weighted by Gasteiger charge is 2.30. The second-order valence-corrected chi connectivity index (χ2v) is 7.57. The summed E-state index contributed by atoms with van der Waals surface area (Å²) in [5.41, 5.74) is 5.53. The third-order valence-electron chi connectivity index (χ3n) is 5.49. The van der Waals surface area contributed by atoms with E-state index in [2.05, 4.69) is 6.07 Å². The fourth-order valence-corrected chi connectivity index (χ4v) is 3.80. The summed E-state index contributed by atoms with van der Waals surface area (Å²) in [5.74, 6) is -0.644. The zero-order valence-corrected chi connectivity index (χ0v) is 17.9. The third kappa shape index (κ3) is 4.23. The molecule has 0 fully saturated rings. The van der Waals surface area contributed by atoms with Crippen LogP contribution < -0.4 is 5.01 Å². The molecule has 1 aliphatic heterocycles. The van der Waals surface area contributed by atoms with Gasteiger partial charge in [-0.05, 0) is 73.0 Å². The van der Waals surface area contributed by atoms with Gasteiger partial charge in [-0.1, -0.05) is 24.3 Å². The number of hydrogen-bond donors (Lipinski definition) is 0. The van der Waals surface area contributed by atoms with Gasteiger partial charge in [-0.3, -0.25) is 5.01 Å². The number of benzene rings is 3. The summed E-state index contributed by atoms with van der Waals surface area (Å²) in [6.45, 7) is 3.99. The van der Waals surface area contributed by atoms with E-state index in [4.69, 9.17) is 9.84 Å². The molecule has 0 amide bonds. The highest BCUT2D eigenvalue weighted by molar-refractivity contribution is 6.04. The minimum absolute atomic E-state index is 0.123. The van der Waals surface area contributed by atoms with Gasteiger partial charge in [-0.15, -0.1) is 0 Å². The van der Waals surface area contributed by atoms with Crippen LogP contribution in [0.4, 0.5) is 10.1 Å². The van der Waals surface area contributed by atoms with Crippen LogP contribution in [0.2, 0.25) is 0 Å². The Morgan fingerprint density at radius 3 is 2.50 bits per heavy atom. The van der Waals surface area contributed by atoms with E-state index in [-0.39, 0.29) is 17.8 Å². The first-order valence-corrected chi connectivity index (χ1v) is 10.4. The molecule has 0 aromatic heterocycles. The number of nitriles is 1. The summed E-state index contributed by atoms with van der Waals surface area (Å²) in [6.07, 6.45) is 0.615. The Morgan fingerprint density at radius 2 is 1.88 bits per heavy atom. The molecule has 4 rings (SSSR count). The van der Waals surface area contributed by atoms with Gasteiger partial charge in [0.25, 0.3) is 0 Å². The van der Waals surface area contributed by atoms with E-state index >= 15 is 0 Å². The lowest BCUT2D eigenvalue weighted by Crippen LogP contribution is -2.18. The van der Waals surface area contributed by atoms with E-state index in [1.54, 1.807) is 37.3 Å². The quantitative estimate of drug-likeness (QED) is 0.502. The molecule has 0 radical (unpaired) electrons. The van der Waals surface area contributed by atoms with Crippen LogP contribution in [-0.2, 0) is 4.74 Å². The molecule has 160 valence electrons. The van der Waals surface area contributed by atoms with Crippen molar-refractivity contribution < 1.29 is 13.9 Å². The summed E-state index contributed by atoms with van der Waals surface area (Å²) in [5, 5.41) is 16.0. The SMILES string of the molecule is CCOC(=O)c1ccc(C2=NN(c3ccc(C#N)c(C)c3)C(c3ccc(F)cc3)C2)cc1. The maximum atomic E-state index is 13.5. The van der Waals surface area contributed by atoms with Gasteiger partial charge in [-0.2, -0.15) is 10.4 Å². The number of halogens is 1. The van der Waals surface area contributed by atoms with Crippen molar-refractivity contribution in [1.29, 1.82) is 5.26 Å². The van der Waals surface area contributed by atoms with Gasteiger partial charge in [0.1, 0.15) is 5.82 Å². The summed E-state index contributed by atoms with van der Waals surface area (Å²) in [4.78, 5) is 11.9. The van der Waals surface area contributed by atoms with Crippen molar-refractivity contribution in [3.8, 4) is 6.07 Å². The monoisotopic (exact) mass is 427 g/mol. The maximum absolute atomic E-state index is 13.5. The summed E-state index contributed by atoms with van der Waals surface area (Å²) < 4.78 is 18.6. The van der Waals surface area contributed by atoms with Crippen LogP contribution in [0, 0.1) is 24.1 Å². The van der Waals surface area contributed by atoms with Gasteiger partial charge < -0.3 is 4.74 Å². The number of hydrogen-bond acceptors (Lipinski definition) is 5. The van der Waals surface area contributed by atoms with Crippen LogP contribution in [0.1, 0.15) is 52.0 Å². The molecule has 0 aliphatic carbocycles. The van der Waals surface area contributed by atoms with Crippen molar-refractivity contribution >= 4 is 17.4 Å². The second-order valence-electron chi connectivity index (χ2n) is 7.57. The van der Waals surface area contributed by atoms with Gasteiger partial charge in [-0.25, -0.2) is 9.18 Å². The number of anilines is 1. The van der Waals surface area contributed by atoms with Crippen LogP contribution in [0.25, 0.3) is 0 Å². The molecular formula is C26H22FN3O2. The molecule has 32 heavy (non-hydrogen) atoms. The Hall–Kier alpha value is -3.98. The van der Waals surface area contributed by atoms with E-state index in [1.807, 2.05) is 36.2 Å². The molecule has 0 saturated heterocycles. The molecule has 0 spiro atoms. The van der Waals surface area contributed by atoms with E-state index in [0.717, 1.165) is 28.1 Å². The van der Waals surface area contributed by atoms with Crippen LogP contribution >= 0.6 is 0 Å². The summed E-state index contributed by atoms with van der Waals surface area (Å²) >= 11 is 0. The van der Waals surface area contributed by atoms with Crippen molar-refractivity contribution in [1.82, 2.24) is 0 Å². The molecule has 1 aliphatic rings. The molecule has 0 N–H and O–H groups in total. The van der Waals surface area contributed by atoms with Crippen molar-refractivity contribution in [3.63, 3.8) is 0 Å². The number of rotatable bonds is 5. The van der Waals surface area contributed by atoms with Crippen LogP contribution in [0.3, 0.4) is 0 Å². The number of nitrogens with zero attached hydrogens (tertiary/aromatic N) is 3. The predicted molar refractivity (Wildman–Crippen MR) is 121 cm³/mol. The molecular weight excluding hydrogens is 405 g/mol. The average molecular weight is 427 g/mol. The highest BCUT2D eigenvalue weighted by Crippen LogP contribution is 2.37. The van der Waals surface area contributed by atoms with Gasteiger partial charge in [0.05, 0.1) is 41.2 Å². The summed E-state index contributed by atoms with van der Waals surface area (Å²) in [7, 11) is 0. The lowest BCUT2D eigenvalue weighted by atomic mass is 9.97. The number of esters is 1. The molecule has 0 bridgehead atoms. The molecule has 3 aromatic rings. The smallest absolute Gasteiger partial charge is 0.338 e. The third-order valence-corrected chi connectivity index (χ3v) is 5.49. The fraction of sp³-hybridized carbons (Fsp3) is 0.192. The van der Waals surface area contributed by atoms with Crippen molar-refractivity contribution in [2.75, 3.05) is 11.6 Å². The minimum atomic E-state index is -0.355. The number of hydrazone groups is 1. The first kappa shape index (κ1) is 21.3. The van der Waals surface area contributed by atoms with E-state index in [9.17, 15) is 14.4 Å². The molecule has 5 nitrogen and oxygen atoms in total. The van der Waals surface area contributed by atoms with E-state index in [1.165, 1.54) is 12.1 Å². The van der Waals surface area contributed by atoms with Crippen molar-refractivity contribution in [3.05, 3.63) is 100 Å². The first-order chi connectivity index (χ1) is 15.5. The minimum Gasteiger partial charge on any atom is -0.462 e. The number of carbonyl (C=O) groups excluding carboxylic acids is 1. The largest absolute Gasteiger partial charge is 0.462 e. The van der Waals surface area contributed by atoms with Crippen molar-refractivity contribution in [2.24, 2.45) is 5.10 Å². The predicted octanol–water partition coefficient (Wildman–Crippen LogP) is 5.54. The van der Waals surface area contributed by atoms with Gasteiger partial charge in [0.15, 0.2) is 0 Å². The molecule has 1 heterocycles. The lowest BCUT2D eigenvalue weighted by Gasteiger charge is -2.24.